The molecule has 5 nitrogen and oxygen atoms in total. The number of nitrogens with zero attached hydrogens (tertiary/aromatic N) is 2. The average molecular weight is 225 g/mol. The number of rotatable bonds is 5. The maximum atomic E-state index is 11.5. The second-order valence-corrected chi connectivity index (χ2v) is 3.99. The van der Waals surface area contributed by atoms with E-state index in [2.05, 4.69) is 10.4 Å². The minimum Gasteiger partial charge on any atom is -0.387 e. The fourth-order valence-corrected chi connectivity index (χ4v) is 1.26. The van der Waals surface area contributed by atoms with E-state index in [1.807, 2.05) is 13.8 Å². The minimum atomic E-state index is -0.598. The van der Waals surface area contributed by atoms with Gasteiger partial charge in [0.1, 0.15) is 6.54 Å². The number of hydrogen-bond acceptors (Lipinski definition) is 3. The smallest absolute Gasteiger partial charge is 0.241 e. The van der Waals surface area contributed by atoms with Gasteiger partial charge >= 0.3 is 0 Å². The molecule has 0 aliphatic rings. The molecule has 0 aliphatic heterocycles. The van der Waals surface area contributed by atoms with Gasteiger partial charge < -0.3 is 10.4 Å². The second-order valence-electron chi connectivity index (χ2n) is 3.99. The monoisotopic (exact) mass is 225 g/mol. The molecule has 0 aliphatic carbocycles. The van der Waals surface area contributed by atoms with Crippen LogP contribution in [0.3, 0.4) is 0 Å². The normalized spacial score (nSPS) is 14.5. The van der Waals surface area contributed by atoms with Crippen LogP contribution in [0, 0.1) is 0 Å². The third kappa shape index (κ3) is 3.66. The summed E-state index contributed by atoms with van der Waals surface area (Å²) in [5.41, 5.74) is 0.580. The molecule has 2 atom stereocenters. The molecule has 0 spiro atoms. The topological polar surface area (TPSA) is 67.2 Å². The van der Waals surface area contributed by atoms with Gasteiger partial charge in [-0.3, -0.25) is 9.48 Å². The summed E-state index contributed by atoms with van der Waals surface area (Å²) in [6.45, 7) is 5.82. The summed E-state index contributed by atoms with van der Waals surface area (Å²) in [5.74, 6) is -0.0606. The van der Waals surface area contributed by atoms with Crippen LogP contribution in [0.1, 0.15) is 39.0 Å². The second kappa shape index (κ2) is 5.65. The summed E-state index contributed by atoms with van der Waals surface area (Å²) in [6.07, 6.45) is 2.00. The van der Waals surface area contributed by atoms with Crippen LogP contribution in [0.4, 0.5) is 0 Å². The van der Waals surface area contributed by atoms with Gasteiger partial charge in [-0.1, -0.05) is 6.92 Å². The maximum absolute atomic E-state index is 11.5. The molecule has 0 bridgehead atoms. The molecule has 0 unspecified atom stereocenters. The highest BCUT2D eigenvalue weighted by Crippen LogP contribution is 2.07. The molecule has 0 radical (unpaired) electrons. The first-order valence-corrected chi connectivity index (χ1v) is 5.53. The fraction of sp³-hybridized carbons (Fsp3) is 0.636. The predicted molar refractivity (Wildman–Crippen MR) is 60.8 cm³/mol. The van der Waals surface area contributed by atoms with E-state index in [-0.39, 0.29) is 18.5 Å². The molecule has 16 heavy (non-hydrogen) atoms. The highest BCUT2D eigenvalue weighted by Gasteiger charge is 2.09. The van der Waals surface area contributed by atoms with Crippen molar-refractivity contribution in [3.63, 3.8) is 0 Å². The first-order valence-electron chi connectivity index (χ1n) is 5.53. The van der Waals surface area contributed by atoms with Crippen LogP contribution in [-0.4, -0.2) is 26.8 Å². The van der Waals surface area contributed by atoms with E-state index in [0.29, 0.717) is 5.69 Å². The standard InChI is InChI=1S/C11H19N3O2/c1-4-8(2)12-11(16)7-14-6-5-10(13-14)9(3)15/h5-6,8-9,15H,4,7H2,1-3H3,(H,12,16)/t8-,9+/m1/s1. The number of carbonyl (C=O) groups is 1. The zero-order valence-electron chi connectivity index (χ0n) is 9.97. The van der Waals surface area contributed by atoms with Crippen molar-refractivity contribution in [1.29, 1.82) is 0 Å². The maximum Gasteiger partial charge on any atom is 0.241 e. The third-order valence-electron chi connectivity index (χ3n) is 2.41. The molecule has 1 heterocycles. The van der Waals surface area contributed by atoms with Gasteiger partial charge in [0.2, 0.25) is 5.91 Å². The van der Waals surface area contributed by atoms with Crippen molar-refractivity contribution in [1.82, 2.24) is 15.1 Å². The largest absolute Gasteiger partial charge is 0.387 e. The van der Waals surface area contributed by atoms with Crippen molar-refractivity contribution in [3.8, 4) is 0 Å². The number of carbonyl (C=O) groups excluding carboxylic acids is 1. The molecular weight excluding hydrogens is 206 g/mol. The SMILES string of the molecule is CC[C@@H](C)NC(=O)Cn1ccc([C@H](C)O)n1. The first-order chi connectivity index (χ1) is 7.52. The number of aliphatic hydroxyl groups is 1. The summed E-state index contributed by atoms with van der Waals surface area (Å²) in [5, 5.41) is 16.2. The Morgan fingerprint density at radius 1 is 1.62 bits per heavy atom. The van der Waals surface area contributed by atoms with Crippen molar-refractivity contribution in [2.24, 2.45) is 0 Å². The Morgan fingerprint density at radius 3 is 2.81 bits per heavy atom. The number of aliphatic hydroxyl groups excluding tert-OH is 1. The molecular formula is C11H19N3O2. The Bertz CT molecular complexity index is 347. The molecule has 1 amide bonds. The van der Waals surface area contributed by atoms with Crippen LogP contribution < -0.4 is 5.32 Å². The van der Waals surface area contributed by atoms with Crippen LogP contribution in [0.15, 0.2) is 12.3 Å². The van der Waals surface area contributed by atoms with E-state index in [0.717, 1.165) is 6.42 Å². The Hall–Kier alpha value is -1.36. The van der Waals surface area contributed by atoms with Gasteiger partial charge in [-0.05, 0) is 26.3 Å². The first kappa shape index (κ1) is 12.7. The Morgan fingerprint density at radius 2 is 2.31 bits per heavy atom. The van der Waals surface area contributed by atoms with E-state index >= 15 is 0 Å². The highest BCUT2D eigenvalue weighted by atomic mass is 16.3. The molecule has 90 valence electrons. The molecule has 1 aromatic heterocycles. The van der Waals surface area contributed by atoms with Gasteiger partial charge in [0.05, 0.1) is 11.8 Å². The van der Waals surface area contributed by atoms with E-state index in [4.69, 9.17) is 0 Å². The van der Waals surface area contributed by atoms with Crippen molar-refractivity contribution in [2.75, 3.05) is 0 Å². The van der Waals surface area contributed by atoms with Crippen LogP contribution in [0.25, 0.3) is 0 Å². The van der Waals surface area contributed by atoms with E-state index in [1.54, 1.807) is 19.2 Å². The van der Waals surface area contributed by atoms with Crippen LogP contribution in [0.5, 0.6) is 0 Å². The van der Waals surface area contributed by atoms with Gasteiger partial charge in [0.15, 0.2) is 0 Å². The van der Waals surface area contributed by atoms with Crippen LogP contribution >= 0.6 is 0 Å². The minimum absolute atomic E-state index is 0.0606. The molecule has 1 rings (SSSR count). The van der Waals surface area contributed by atoms with E-state index in [9.17, 15) is 9.90 Å². The average Bonchev–Trinajstić information content (AvgIpc) is 2.65. The van der Waals surface area contributed by atoms with E-state index in [1.165, 1.54) is 4.68 Å². The third-order valence-corrected chi connectivity index (χ3v) is 2.41. The lowest BCUT2D eigenvalue weighted by Gasteiger charge is -2.11. The molecule has 0 saturated heterocycles. The molecule has 0 saturated carbocycles. The quantitative estimate of drug-likeness (QED) is 0.780. The summed E-state index contributed by atoms with van der Waals surface area (Å²) in [7, 11) is 0. The highest BCUT2D eigenvalue weighted by molar-refractivity contribution is 5.75. The zero-order valence-corrected chi connectivity index (χ0v) is 9.97. The number of amides is 1. The molecule has 2 N–H and O–H groups in total. The Balaban J connectivity index is 2.50. The van der Waals surface area contributed by atoms with Gasteiger partial charge in [-0.25, -0.2) is 0 Å². The predicted octanol–water partition coefficient (Wildman–Crippen LogP) is 0.851. The fourth-order valence-electron chi connectivity index (χ4n) is 1.26. The van der Waals surface area contributed by atoms with Gasteiger partial charge in [0.25, 0.3) is 0 Å². The summed E-state index contributed by atoms with van der Waals surface area (Å²) in [4.78, 5) is 11.5. The molecule has 5 heteroatoms. The number of nitrogens with one attached hydrogen (secondary N) is 1. The van der Waals surface area contributed by atoms with Crippen LogP contribution in [0.2, 0.25) is 0 Å². The van der Waals surface area contributed by atoms with Crippen molar-refractivity contribution in [2.45, 2.75) is 45.9 Å². The van der Waals surface area contributed by atoms with Gasteiger partial charge in [0, 0.05) is 12.2 Å². The zero-order chi connectivity index (χ0) is 12.1. The molecule has 0 fully saturated rings. The van der Waals surface area contributed by atoms with Gasteiger partial charge in [-0.15, -0.1) is 0 Å². The molecule has 0 aromatic carbocycles. The lowest BCUT2D eigenvalue weighted by Crippen LogP contribution is -2.34. The van der Waals surface area contributed by atoms with Crippen molar-refractivity contribution in [3.05, 3.63) is 18.0 Å². The van der Waals surface area contributed by atoms with Crippen molar-refractivity contribution < 1.29 is 9.90 Å². The summed E-state index contributed by atoms with van der Waals surface area (Å²) >= 11 is 0. The Labute approximate surface area is 95.5 Å². The summed E-state index contributed by atoms with van der Waals surface area (Å²) < 4.78 is 1.53. The van der Waals surface area contributed by atoms with E-state index < -0.39 is 6.10 Å². The number of aromatic nitrogens is 2. The lowest BCUT2D eigenvalue weighted by atomic mass is 10.2. The Kier molecular flexibility index (Phi) is 4.49. The number of hydrogen-bond donors (Lipinski definition) is 2. The lowest BCUT2D eigenvalue weighted by molar-refractivity contribution is -0.122. The van der Waals surface area contributed by atoms with Crippen LogP contribution in [-0.2, 0) is 11.3 Å². The summed E-state index contributed by atoms with van der Waals surface area (Å²) in [6, 6.07) is 1.89. The molecule has 1 aromatic rings. The van der Waals surface area contributed by atoms with Gasteiger partial charge in [-0.2, -0.15) is 5.10 Å². The van der Waals surface area contributed by atoms with Crippen molar-refractivity contribution >= 4 is 5.91 Å².